The fourth-order valence-corrected chi connectivity index (χ4v) is 1.35. The average molecular weight is 184 g/mol. The number of para-hydroxylation sites is 1. The van der Waals surface area contributed by atoms with Gasteiger partial charge in [-0.15, -0.1) is 0 Å². The normalized spacial score (nSPS) is 9.79. The summed E-state index contributed by atoms with van der Waals surface area (Å²) in [5, 5.41) is 0. The Morgan fingerprint density at radius 3 is 2.71 bits per heavy atom. The maximum atomic E-state index is 5.22. The highest BCUT2D eigenvalue weighted by Crippen LogP contribution is 2.27. The number of hydrogen-bond acceptors (Lipinski definition) is 2. The Balaban J connectivity index is 2.51. The second kappa shape index (κ2) is 3.92. The van der Waals surface area contributed by atoms with Crippen LogP contribution in [-0.2, 0) is 0 Å². The molecule has 0 amide bonds. The van der Waals surface area contributed by atoms with Crippen LogP contribution in [0.5, 0.6) is 5.75 Å². The van der Waals surface area contributed by atoms with Crippen LogP contribution in [0.3, 0.4) is 0 Å². The standard InChI is InChI=1S/C12H10NO/c1-14-12-5-3-2-4-11(12)10-6-8-13-9-7-10/h2-4,6-9H,1H3. The van der Waals surface area contributed by atoms with E-state index in [0.29, 0.717) is 0 Å². The van der Waals surface area contributed by atoms with Crippen molar-refractivity contribution < 1.29 is 4.74 Å². The zero-order chi connectivity index (χ0) is 9.80. The Kier molecular flexibility index (Phi) is 2.45. The molecule has 1 radical (unpaired) electrons. The first-order valence-electron chi connectivity index (χ1n) is 4.37. The number of pyridine rings is 1. The van der Waals surface area contributed by atoms with E-state index >= 15 is 0 Å². The molecule has 1 aromatic heterocycles. The summed E-state index contributed by atoms with van der Waals surface area (Å²) in [7, 11) is 1.65. The van der Waals surface area contributed by atoms with E-state index in [1.54, 1.807) is 19.5 Å². The minimum Gasteiger partial charge on any atom is -0.495 e. The van der Waals surface area contributed by atoms with Gasteiger partial charge in [-0.3, -0.25) is 4.98 Å². The molecule has 1 aromatic carbocycles. The van der Waals surface area contributed by atoms with Crippen LogP contribution in [0.15, 0.2) is 42.7 Å². The number of ether oxygens (including phenoxy) is 1. The lowest BCUT2D eigenvalue weighted by Gasteiger charge is -2.06. The molecule has 14 heavy (non-hydrogen) atoms. The summed E-state index contributed by atoms with van der Waals surface area (Å²) in [5.74, 6) is 0.763. The van der Waals surface area contributed by atoms with Crippen LogP contribution in [0.25, 0.3) is 11.1 Å². The van der Waals surface area contributed by atoms with E-state index in [1.807, 2.05) is 30.3 Å². The third-order valence-electron chi connectivity index (χ3n) is 2.01. The van der Waals surface area contributed by atoms with E-state index in [0.717, 1.165) is 16.9 Å². The fourth-order valence-electron chi connectivity index (χ4n) is 1.35. The summed E-state index contributed by atoms with van der Waals surface area (Å²) in [4.78, 5) is 3.98. The van der Waals surface area contributed by atoms with Crippen molar-refractivity contribution in [3.63, 3.8) is 0 Å². The van der Waals surface area contributed by atoms with E-state index in [9.17, 15) is 0 Å². The van der Waals surface area contributed by atoms with Gasteiger partial charge in [-0.25, -0.2) is 0 Å². The first-order chi connectivity index (χ1) is 6.92. The molecule has 0 spiro atoms. The topological polar surface area (TPSA) is 22.1 Å². The largest absolute Gasteiger partial charge is 0.495 e. The molecule has 2 nitrogen and oxygen atoms in total. The van der Waals surface area contributed by atoms with Gasteiger partial charge in [0.2, 0.25) is 0 Å². The monoisotopic (exact) mass is 184 g/mol. The van der Waals surface area contributed by atoms with Gasteiger partial charge in [-0.1, -0.05) is 18.2 Å². The average Bonchev–Trinajstić information content (AvgIpc) is 2.30. The van der Waals surface area contributed by atoms with E-state index in [1.165, 1.54) is 0 Å². The molecule has 69 valence electrons. The molecule has 0 aliphatic carbocycles. The Hall–Kier alpha value is -1.83. The van der Waals surface area contributed by atoms with Gasteiger partial charge >= 0.3 is 0 Å². The third kappa shape index (κ3) is 1.59. The Morgan fingerprint density at radius 2 is 2.00 bits per heavy atom. The summed E-state index contributed by atoms with van der Waals surface area (Å²) in [5.41, 5.74) is 2.13. The van der Waals surface area contributed by atoms with Crippen molar-refractivity contribution in [1.29, 1.82) is 0 Å². The summed E-state index contributed by atoms with van der Waals surface area (Å²) in [6, 6.07) is 12.7. The minimum absolute atomic E-state index is 0.763. The van der Waals surface area contributed by atoms with Crippen molar-refractivity contribution in [2.75, 3.05) is 7.11 Å². The number of hydrogen-bond donors (Lipinski definition) is 0. The first kappa shape index (κ1) is 8.75. The number of methoxy groups -OCH3 is 1. The van der Waals surface area contributed by atoms with E-state index in [4.69, 9.17) is 4.74 Å². The van der Waals surface area contributed by atoms with Crippen molar-refractivity contribution >= 4 is 0 Å². The van der Waals surface area contributed by atoms with Crippen molar-refractivity contribution in [3.05, 3.63) is 48.8 Å². The molecule has 0 unspecified atom stereocenters. The molecular weight excluding hydrogens is 174 g/mol. The van der Waals surface area contributed by atoms with Crippen LogP contribution >= 0.6 is 0 Å². The minimum atomic E-state index is 0.763. The van der Waals surface area contributed by atoms with E-state index in [2.05, 4.69) is 11.1 Å². The van der Waals surface area contributed by atoms with E-state index < -0.39 is 0 Å². The predicted octanol–water partition coefficient (Wildman–Crippen LogP) is 2.56. The summed E-state index contributed by atoms with van der Waals surface area (Å²) in [6.45, 7) is 0. The van der Waals surface area contributed by atoms with Gasteiger partial charge in [0, 0.05) is 24.0 Å². The predicted molar refractivity (Wildman–Crippen MR) is 55.1 cm³/mol. The van der Waals surface area contributed by atoms with Gasteiger partial charge in [0.15, 0.2) is 0 Å². The van der Waals surface area contributed by atoms with Crippen molar-refractivity contribution in [1.82, 2.24) is 4.98 Å². The second-order valence-corrected chi connectivity index (χ2v) is 2.85. The van der Waals surface area contributed by atoms with Crippen molar-refractivity contribution in [3.8, 4) is 16.9 Å². The Morgan fingerprint density at radius 1 is 1.21 bits per heavy atom. The molecule has 2 aromatic rings. The zero-order valence-corrected chi connectivity index (χ0v) is 7.90. The zero-order valence-electron chi connectivity index (χ0n) is 7.90. The Labute approximate surface area is 83.2 Å². The molecule has 2 rings (SSSR count). The molecular formula is C12H10NO. The third-order valence-corrected chi connectivity index (χ3v) is 2.01. The van der Waals surface area contributed by atoms with Crippen LogP contribution < -0.4 is 4.74 Å². The molecule has 0 bridgehead atoms. The highest BCUT2D eigenvalue weighted by molar-refractivity contribution is 5.69. The van der Waals surface area contributed by atoms with Crippen LogP contribution in [0.4, 0.5) is 0 Å². The van der Waals surface area contributed by atoms with Gasteiger partial charge in [-0.2, -0.15) is 0 Å². The molecule has 0 aliphatic heterocycles. The van der Waals surface area contributed by atoms with Crippen LogP contribution in [-0.4, -0.2) is 12.1 Å². The van der Waals surface area contributed by atoms with Gasteiger partial charge in [0.05, 0.1) is 7.11 Å². The van der Waals surface area contributed by atoms with Gasteiger partial charge in [0.1, 0.15) is 5.75 Å². The maximum absolute atomic E-state index is 5.22. The number of aromatic nitrogens is 1. The molecule has 0 aliphatic rings. The first-order valence-corrected chi connectivity index (χ1v) is 4.37. The smallest absolute Gasteiger partial charge is 0.134 e. The maximum Gasteiger partial charge on any atom is 0.134 e. The van der Waals surface area contributed by atoms with Crippen LogP contribution in [0, 0.1) is 6.07 Å². The summed E-state index contributed by atoms with van der Waals surface area (Å²) in [6.07, 6.45) is 3.53. The second-order valence-electron chi connectivity index (χ2n) is 2.85. The van der Waals surface area contributed by atoms with Crippen LogP contribution in [0.2, 0.25) is 0 Å². The molecule has 0 saturated carbocycles. The quantitative estimate of drug-likeness (QED) is 0.715. The molecule has 0 N–H and O–H groups in total. The molecule has 2 heteroatoms. The van der Waals surface area contributed by atoms with Crippen molar-refractivity contribution in [2.45, 2.75) is 0 Å². The Bertz CT molecular complexity index is 412. The highest BCUT2D eigenvalue weighted by atomic mass is 16.5. The van der Waals surface area contributed by atoms with Crippen molar-refractivity contribution in [2.24, 2.45) is 0 Å². The lowest BCUT2D eigenvalue weighted by Crippen LogP contribution is -1.87. The lowest BCUT2D eigenvalue weighted by atomic mass is 10.1. The SMILES string of the molecule is COc1[c]cccc1-c1ccncc1. The molecule has 1 heterocycles. The van der Waals surface area contributed by atoms with E-state index in [-0.39, 0.29) is 0 Å². The number of rotatable bonds is 2. The van der Waals surface area contributed by atoms with Gasteiger partial charge < -0.3 is 4.74 Å². The van der Waals surface area contributed by atoms with Gasteiger partial charge in [-0.05, 0) is 17.7 Å². The molecule has 0 atom stereocenters. The number of benzene rings is 1. The fraction of sp³-hybridized carbons (Fsp3) is 0.0833. The number of nitrogens with zero attached hydrogens (tertiary/aromatic N) is 1. The molecule has 0 saturated heterocycles. The summed E-state index contributed by atoms with van der Waals surface area (Å²) >= 11 is 0. The molecule has 0 fully saturated rings. The highest BCUT2D eigenvalue weighted by Gasteiger charge is 2.03. The van der Waals surface area contributed by atoms with Gasteiger partial charge in [0.25, 0.3) is 0 Å². The summed E-state index contributed by atoms with van der Waals surface area (Å²) < 4.78 is 5.22. The lowest BCUT2D eigenvalue weighted by molar-refractivity contribution is 0.415. The van der Waals surface area contributed by atoms with Crippen LogP contribution in [0.1, 0.15) is 0 Å².